The van der Waals surface area contributed by atoms with E-state index in [1.807, 2.05) is 0 Å². The molecule has 6 atom stereocenters. The molecule has 1 spiro atoms. The van der Waals surface area contributed by atoms with Gasteiger partial charge in [-0.3, -0.25) is 4.79 Å². The fraction of sp³-hybridized carbons (Fsp3) is 0.955. The van der Waals surface area contributed by atoms with E-state index in [0.717, 1.165) is 37.5 Å². The van der Waals surface area contributed by atoms with Crippen LogP contribution in [0.15, 0.2) is 0 Å². The first-order chi connectivity index (χ1) is 11.8. The van der Waals surface area contributed by atoms with Crippen molar-refractivity contribution in [1.29, 1.82) is 0 Å². The highest BCUT2D eigenvalue weighted by Crippen LogP contribution is 2.48. The SMILES string of the molecule is CCC[C@H]1CC(=O)C[C@@H]1C.CCC[C@H]1CC2(C[C@@H]1C)O[C@H](C)[C@@H](C)O2. The van der Waals surface area contributed by atoms with E-state index in [0.29, 0.717) is 17.6 Å². The minimum atomic E-state index is -0.224. The van der Waals surface area contributed by atoms with E-state index in [2.05, 4.69) is 41.5 Å². The summed E-state index contributed by atoms with van der Waals surface area (Å²) < 4.78 is 12.1. The van der Waals surface area contributed by atoms with Crippen LogP contribution in [-0.4, -0.2) is 23.8 Å². The van der Waals surface area contributed by atoms with Crippen molar-refractivity contribution in [3.63, 3.8) is 0 Å². The van der Waals surface area contributed by atoms with Gasteiger partial charge in [-0.2, -0.15) is 0 Å². The average molecular weight is 353 g/mol. The van der Waals surface area contributed by atoms with E-state index < -0.39 is 0 Å². The van der Waals surface area contributed by atoms with Crippen LogP contribution >= 0.6 is 0 Å². The van der Waals surface area contributed by atoms with Gasteiger partial charge in [0.2, 0.25) is 0 Å². The lowest BCUT2D eigenvalue weighted by Gasteiger charge is -2.22. The molecule has 1 heterocycles. The summed E-state index contributed by atoms with van der Waals surface area (Å²) in [4.78, 5) is 10.9. The quantitative estimate of drug-likeness (QED) is 0.646. The maximum absolute atomic E-state index is 10.9. The second kappa shape index (κ2) is 8.99. The van der Waals surface area contributed by atoms with E-state index in [-0.39, 0.29) is 18.0 Å². The summed E-state index contributed by atoms with van der Waals surface area (Å²) in [6.07, 6.45) is 9.47. The van der Waals surface area contributed by atoms with Crippen LogP contribution in [0.2, 0.25) is 0 Å². The molecule has 0 bridgehead atoms. The largest absolute Gasteiger partial charge is 0.344 e. The zero-order chi connectivity index (χ0) is 18.6. The standard InChI is InChI=1S/C13H24O2.C9H16O/c1-5-6-12-8-13(7-9(12)2)14-10(3)11(4)15-13;1-3-4-8-6-9(10)5-7(8)2/h9-12H,5-8H2,1-4H3;7-8H,3-6H2,1-2H3/t9-,10+,11+,12-;7-,8-/m00/s1. The maximum Gasteiger partial charge on any atom is 0.169 e. The lowest BCUT2D eigenvalue weighted by molar-refractivity contribution is -0.170. The van der Waals surface area contributed by atoms with Gasteiger partial charge < -0.3 is 9.47 Å². The van der Waals surface area contributed by atoms with Gasteiger partial charge >= 0.3 is 0 Å². The van der Waals surface area contributed by atoms with Crippen LogP contribution in [0.1, 0.15) is 92.9 Å². The Morgan fingerprint density at radius 1 is 0.840 bits per heavy atom. The zero-order valence-electron chi connectivity index (χ0n) is 17.3. The Morgan fingerprint density at radius 3 is 1.88 bits per heavy atom. The molecule has 1 saturated heterocycles. The number of ether oxygens (including phenoxy) is 2. The van der Waals surface area contributed by atoms with Crippen LogP contribution in [0.5, 0.6) is 0 Å². The zero-order valence-corrected chi connectivity index (χ0v) is 17.3. The molecule has 25 heavy (non-hydrogen) atoms. The number of hydrogen-bond acceptors (Lipinski definition) is 3. The topological polar surface area (TPSA) is 35.5 Å². The number of rotatable bonds is 4. The van der Waals surface area contributed by atoms with Gasteiger partial charge in [-0.15, -0.1) is 0 Å². The highest BCUT2D eigenvalue weighted by Gasteiger charge is 2.51. The Labute approximate surface area is 155 Å². The Kier molecular flexibility index (Phi) is 7.52. The molecule has 1 aliphatic heterocycles. The summed E-state index contributed by atoms with van der Waals surface area (Å²) >= 11 is 0. The smallest absolute Gasteiger partial charge is 0.169 e. The third kappa shape index (κ3) is 5.29. The number of ketones is 1. The fourth-order valence-corrected chi connectivity index (χ4v) is 5.05. The van der Waals surface area contributed by atoms with Crippen molar-refractivity contribution in [2.24, 2.45) is 23.7 Å². The van der Waals surface area contributed by atoms with Crippen LogP contribution in [-0.2, 0) is 14.3 Å². The Bertz CT molecular complexity index is 423. The first-order valence-electron chi connectivity index (χ1n) is 10.7. The molecule has 0 unspecified atom stereocenters. The minimum absolute atomic E-state index is 0.224. The predicted octanol–water partition coefficient (Wildman–Crippen LogP) is 5.75. The molecule has 0 aromatic rings. The molecule has 0 amide bonds. The summed E-state index contributed by atoms with van der Waals surface area (Å²) in [6.45, 7) is 13.2. The van der Waals surface area contributed by atoms with Gasteiger partial charge in [-0.05, 0) is 37.5 Å². The summed E-state index contributed by atoms with van der Waals surface area (Å²) in [5, 5.41) is 0. The van der Waals surface area contributed by atoms with Gasteiger partial charge in [0.25, 0.3) is 0 Å². The average Bonchev–Trinajstić information content (AvgIpc) is 3.09. The van der Waals surface area contributed by atoms with E-state index in [1.165, 1.54) is 25.7 Å². The molecule has 3 nitrogen and oxygen atoms in total. The van der Waals surface area contributed by atoms with Gasteiger partial charge in [0.1, 0.15) is 5.78 Å². The Hall–Kier alpha value is -0.410. The highest BCUT2D eigenvalue weighted by atomic mass is 16.8. The summed E-state index contributed by atoms with van der Waals surface area (Å²) in [5.41, 5.74) is 0. The molecular formula is C22H40O3. The maximum atomic E-state index is 10.9. The van der Waals surface area contributed by atoms with Crippen LogP contribution in [0.4, 0.5) is 0 Å². The van der Waals surface area contributed by atoms with Crippen molar-refractivity contribution in [2.75, 3.05) is 0 Å². The molecule has 3 heteroatoms. The van der Waals surface area contributed by atoms with Crippen molar-refractivity contribution in [3.8, 4) is 0 Å². The molecule has 0 radical (unpaired) electrons. The Balaban J connectivity index is 0.000000196. The third-order valence-corrected chi connectivity index (χ3v) is 6.64. The van der Waals surface area contributed by atoms with E-state index in [1.54, 1.807) is 0 Å². The van der Waals surface area contributed by atoms with Gasteiger partial charge in [0.15, 0.2) is 5.79 Å². The number of hydrogen-bond donors (Lipinski definition) is 0. The first kappa shape index (κ1) is 20.9. The fourth-order valence-electron chi connectivity index (χ4n) is 5.05. The number of carbonyl (C=O) groups is 1. The molecule has 146 valence electrons. The van der Waals surface area contributed by atoms with Crippen LogP contribution in [0.25, 0.3) is 0 Å². The van der Waals surface area contributed by atoms with Gasteiger partial charge in [0.05, 0.1) is 12.2 Å². The van der Waals surface area contributed by atoms with E-state index >= 15 is 0 Å². The lowest BCUT2D eigenvalue weighted by Crippen LogP contribution is -2.27. The summed E-state index contributed by atoms with van der Waals surface area (Å²) in [5.74, 6) is 3.17. The summed E-state index contributed by atoms with van der Waals surface area (Å²) in [7, 11) is 0. The minimum Gasteiger partial charge on any atom is -0.344 e. The molecular weight excluding hydrogens is 312 g/mol. The second-order valence-electron chi connectivity index (χ2n) is 8.96. The molecule has 3 rings (SSSR count). The second-order valence-corrected chi connectivity index (χ2v) is 8.96. The van der Waals surface area contributed by atoms with Crippen molar-refractivity contribution in [2.45, 2.75) is 111 Å². The molecule has 2 saturated carbocycles. The summed E-state index contributed by atoms with van der Waals surface area (Å²) in [6, 6.07) is 0. The van der Waals surface area contributed by atoms with Gasteiger partial charge in [0, 0.05) is 25.7 Å². The molecule has 3 aliphatic rings. The first-order valence-corrected chi connectivity index (χ1v) is 10.7. The van der Waals surface area contributed by atoms with Crippen molar-refractivity contribution < 1.29 is 14.3 Å². The molecule has 0 N–H and O–H groups in total. The van der Waals surface area contributed by atoms with Gasteiger partial charge in [-0.1, -0.05) is 53.4 Å². The van der Waals surface area contributed by atoms with Crippen LogP contribution in [0.3, 0.4) is 0 Å². The van der Waals surface area contributed by atoms with E-state index in [4.69, 9.17) is 9.47 Å². The lowest BCUT2D eigenvalue weighted by atomic mass is 9.94. The van der Waals surface area contributed by atoms with Gasteiger partial charge in [-0.25, -0.2) is 0 Å². The third-order valence-electron chi connectivity index (χ3n) is 6.64. The monoisotopic (exact) mass is 352 g/mol. The molecule has 2 aliphatic carbocycles. The Morgan fingerprint density at radius 2 is 1.40 bits per heavy atom. The highest BCUT2D eigenvalue weighted by molar-refractivity contribution is 5.81. The van der Waals surface area contributed by atoms with Crippen molar-refractivity contribution in [1.82, 2.24) is 0 Å². The van der Waals surface area contributed by atoms with E-state index in [9.17, 15) is 4.79 Å². The van der Waals surface area contributed by atoms with Crippen molar-refractivity contribution in [3.05, 3.63) is 0 Å². The number of Topliss-reactive ketones (excluding diaryl/α,β-unsaturated/α-hetero) is 1. The van der Waals surface area contributed by atoms with Crippen molar-refractivity contribution >= 4 is 5.78 Å². The predicted molar refractivity (Wildman–Crippen MR) is 102 cm³/mol. The molecule has 0 aromatic heterocycles. The molecule has 3 fully saturated rings. The van der Waals surface area contributed by atoms with Crippen LogP contribution in [0, 0.1) is 23.7 Å². The number of carbonyl (C=O) groups excluding carboxylic acids is 1. The molecule has 0 aromatic carbocycles. The normalized spacial score (nSPS) is 39.7. The van der Waals surface area contributed by atoms with Crippen LogP contribution < -0.4 is 0 Å².